The molecule has 0 saturated heterocycles. The first kappa shape index (κ1) is 16.5. The fraction of sp³-hybridized carbons (Fsp3) is 0.100. The summed E-state index contributed by atoms with van der Waals surface area (Å²) in [4.78, 5) is 16.4. The Kier molecular flexibility index (Phi) is 5.26. The second kappa shape index (κ2) is 7.97. The van der Waals surface area contributed by atoms with Gasteiger partial charge in [0.1, 0.15) is 11.6 Å². The molecule has 0 saturated carbocycles. The van der Waals surface area contributed by atoms with E-state index in [9.17, 15) is 4.79 Å². The van der Waals surface area contributed by atoms with Gasteiger partial charge in [-0.1, -0.05) is 36.4 Å². The van der Waals surface area contributed by atoms with Crippen LogP contribution in [0.15, 0.2) is 72.9 Å². The highest BCUT2D eigenvalue weighted by Crippen LogP contribution is 2.19. The fourth-order valence-corrected chi connectivity index (χ4v) is 2.40. The summed E-state index contributed by atoms with van der Waals surface area (Å²) >= 11 is 0. The van der Waals surface area contributed by atoms with Crippen molar-refractivity contribution in [2.75, 3.05) is 17.7 Å². The molecule has 25 heavy (non-hydrogen) atoms. The Morgan fingerprint density at radius 3 is 2.48 bits per heavy atom. The van der Waals surface area contributed by atoms with Crippen molar-refractivity contribution in [3.63, 3.8) is 0 Å². The van der Waals surface area contributed by atoms with Gasteiger partial charge in [0.25, 0.3) is 5.91 Å². The van der Waals surface area contributed by atoms with Gasteiger partial charge in [-0.15, -0.1) is 0 Å². The monoisotopic (exact) mass is 333 g/mol. The minimum atomic E-state index is -0.178. The molecule has 5 heteroatoms. The first-order valence-corrected chi connectivity index (χ1v) is 7.94. The van der Waals surface area contributed by atoms with Crippen molar-refractivity contribution in [1.82, 2.24) is 4.98 Å². The number of anilines is 2. The van der Waals surface area contributed by atoms with Crippen LogP contribution in [0, 0.1) is 0 Å². The highest BCUT2D eigenvalue weighted by molar-refractivity contribution is 6.03. The number of hydrogen-bond donors (Lipinski definition) is 2. The van der Waals surface area contributed by atoms with E-state index in [0.29, 0.717) is 17.9 Å². The number of rotatable bonds is 6. The zero-order chi connectivity index (χ0) is 17.5. The lowest BCUT2D eigenvalue weighted by Crippen LogP contribution is -2.12. The van der Waals surface area contributed by atoms with Gasteiger partial charge in [0.15, 0.2) is 0 Å². The van der Waals surface area contributed by atoms with Gasteiger partial charge in [-0.05, 0) is 30.3 Å². The Morgan fingerprint density at radius 1 is 1.00 bits per heavy atom. The van der Waals surface area contributed by atoms with Crippen LogP contribution >= 0.6 is 0 Å². The molecule has 1 amide bonds. The van der Waals surface area contributed by atoms with E-state index in [1.807, 2.05) is 48.5 Å². The van der Waals surface area contributed by atoms with Crippen molar-refractivity contribution in [3.05, 3.63) is 84.1 Å². The quantitative estimate of drug-likeness (QED) is 0.717. The molecule has 0 bridgehead atoms. The number of amides is 1. The van der Waals surface area contributed by atoms with E-state index in [1.54, 1.807) is 31.5 Å². The molecule has 3 aromatic rings. The summed E-state index contributed by atoms with van der Waals surface area (Å²) in [7, 11) is 1.66. The van der Waals surface area contributed by atoms with E-state index < -0.39 is 0 Å². The van der Waals surface area contributed by atoms with Crippen molar-refractivity contribution >= 4 is 17.4 Å². The molecule has 1 heterocycles. The van der Waals surface area contributed by atoms with Gasteiger partial charge in [0.2, 0.25) is 0 Å². The van der Waals surface area contributed by atoms with Crippen molar-refractivity contribution in [2.24, 2.45) is 0 Å². The van der Waals surface area contributed by atoms with E-state index in [-0.39, 0.29) is 5.91 Å². The molecule has 126 valence electrons. The molecule has 0 aliphatic rings. The summed E-state index contributed by atoms with van der Waals surface area (Å²) in [6.07, 6.45) is 1.69. The molecule has 1 aromatic heterocycles. The molecule has 3 rings (SSSR count). The SMILES string of the molecule is COc1ccccc1CNc1ccc(NC(=O)c2ccccc2)nc1. The summed E-state index contributed by atoms with van der Waals surface area (Å²) < 4.78 is 5.34. The summed E-state index contributed by atoms with van der Waals surface area (Å²) in [5.41, 5.74) is 2.53. The van der Waals surface area contributed by atoms with Gasteiger partial charge in [-0.3, -0.25) is 4.79 Å². The predicted octanol–water partition coefficient (Wildman–Crippen LogP) is 3.95. The predicted molar refractivity (Wildman–Crippen MR) is 99.0 cm³/mol. The van der Waals surface area contributed by atoms with Gasteiger partial charge in [-0.25, -0.2) is 4.98 Å². The zero-order valence-electron chi connectivity index (χ0n) is 13.9. The lowest BCUT2D eigenvalue weighted by atomic mass is 10.2. The maximum absolute atomic E-state index is 12.1. The van der Waals surface area contributed by atoms with E-state index in [0.717, 1.165) is 17.0 Å². The number of para-hydroxylation sites is 1. The standard InChI is InChI=1S/C20H19N3O2/c1-25-18-10-6-5-9-16(18)13-21-17-11-12-19(22-14-17)23-20(24)15-7-3-2-4-8-15/h2-12,14,21H,13H2,1H3,(H,22,23,24). The molecular weight excluding hydrogens is 314 g/mol. The largest absolute Gasteiger partial charge is 0.496 e. The maximum atomic E-state index is 12.1. The summed E-state index contributed by atoms with van der Waals surface area (Å²) in [6, 6.07) is 20.5. The molecule has 0 atom stereocenters. The van der Waals surface area contributed by atoms with Crippen LogP contribution in [0.1, 0.15) is 15.9 Å². The fourth-order valence-electron chi connectivity index (χ4n) is 2.40. The topological polar surface area (TPSA) is 63.2 Å². The lowest BCUT2D eigenvalue weighted by molar-refractivity contribution is 0.102. The third-order valence-electron chi connectivity index (χ3n) is 3.72. The minimum absolute atomic E-state index is 0.178. The average Bonchev–Trinajstić information content (AvgIpc) is 2.68. The third-order valence-corrected chi connectivity index (χ3v) is 3.72. The number of hydrogen-bond acceptors (Lipinski definition) is 4. The normalized spacial score (nSPS) is 10.1. The summed E-state index contributed by atoms with van der Waals surface area (Å²) in [5, 5.41) is 6.07. The number of methoxy groups -OCH3 is 1. The van der Waals surface area contributed by atoms with Crippen molar-refractivity contribution in [3.8, 4) is 5.75 Å². The number of pyridine rings is 1. The molecule has 0 aliphatic heterocycles. The Bertz CT molecular complexity index is 833. The van der Waals surface area contributed by atoms with Crippen LogP contribution in [0.3, 0.4) is 0 Å². The molecule has 2 N–H and O–H groups in total. The van der Waals surface area contributed by atoms with Crippen LogP contribution in [-0.4, -0.2) is 18.0 Å². The number of benzene rings is 2. The van der Waals surface area contributed by atoms with Gasteiger partial charge in [0.05, 0.1) is 19.0 Å². The molecule has 2 aromatic carbocycles. The molecular formula is C20H19N3O2. The number of carbonyl (C=O) groups is 1. The molecule has 0 radical (unpaired) electrons. The second-order valence-corrected chi connectivity index (χ2v) is 5.42. The third kappa shape index (κ3) is 4.35. The van der Waals surface area contributed by atoms with Crippen LogP contribution in [0.25, 0.3) is 0 Å². The maximum Gasteiger partial charge on any atom is 0.256 e. The van der Waals surface area contributed by atoms with Gasteiger partial charge in [0, 0.05) is 17.7 Å². The Labute approximate surface area is 146 Å². The highest BCUT2D eigenvalue weighted by atomic mass is 16.5. The first-order valence-electron chi connectivity index (χ1n) is 7.94. The second-order valence-electron chi connectivity index (χ2n) is 5.42. The van der Waals surface area contributed by atoms with Gasteiger partial charge < -0.3 is 15.4 Å². The highest BCUT2D eigenvalue weighted by Gasteiger charge is 2.06. The Balaban J connectivity index is 1.60. The van der Waals surface area contributed by atoms with E-state index in [1.165, 1.54) is 0 Å². The average molecular weight is 333 g/mol. The Morgan fingerprint density at radius 2 is 1.76 bits per heavy atom. The molecule has 0 fully saturated rings. The van der Waals surface area contributed by atoms with Crippen LogP contribution < -0.4 is 15.4 Å². The number of nitrogens with one attached hydrogen (secondary N) is 2. The van der Waals surface area contributed by atoms with E-state index in [4.69, 9.17) is 4.74 Å². The molecule has 0 unspecified atom stereocenters. The van der Waals surface area contributed by atoms with Crippen molar-refractivity contribution < 1.29 is 9.53 Å². The number of carbonyl (C=O) groups excluding carboxylic acids is 1. The molecule has 0 spiro atoms. The number of aromatic nitrogens is 1. The van der Waals surface area contributed by atoms with Gasteiger partial charge >= 0.3 is 0 Å². The molecule has 5 nitrogen and oxygen atoms in total. The van der Waals surface area contributed by atoms with E-state index >= 15 is 0 Å². The minimum Gasteiger partial charge on any atom is -0.496 e. The van der Waals surface area contributed by atoms with Crippen LogP contribution in [0.2, 0.25) is 0 Å². The van der Waals surface area contributed by atoms with Crippen molar-refractivity contribution in [2.45, 2.75) is 6.54 Å². The van der Waals surface area contributed by atoms with E-state index in [2.05, 4.69) is 15.6 Å². The van der Waals surface area contributed by atoms with Crippen LogP contribution in [-0.2, 0) is 6.54 Å². The van der Waals surface area contributed by atoms with Gasteiger partial charge in [-0.2, -0.15) is 0 Å². The van der Waals surface area contributed by atoms with Crippen molar-refractivity contribution in [1.29, 1.82) is 0 Å². The number of nitrogens with zero attached hydrogens (tertiary/aromatic N) is 1. The zero-order valence-corrected chi connectivity index (χ0v) is 13.9. The summed E-state index contributed by atoms with van der Waals surface area (Å²) in [6.45, 7) is 0.626. The smallest absolute Gasteiger partial charge is 0.256 e. The Hall–Kier alpha value is -3.34. The van der Waals surface area contributed by atoms with Crippen LogP contribution in [0.5, 0.6) is 5.75 Å². The first-order chi connectivity index (χ1) is 12.3. The van der Waals surface area contributed by atoms with Crippen LogP contribution in [0.4, 0.5) is 11.5 Å². The number of ether oxygens (including phenoxy) is 1. The lowest BCUT2D eigenvalue weighted by Gasteiger charge is -2.11. The molecule has 0 aliphatic carbocycles. The summed E-state index contributed by atoms with van der Waals surface area (Å²) in [5.74, 6) is 1.18.